The Hall–Kier alpha value is -1.68. The van der Waals surface area contributed by atoms with E-state index < -0.39 is 12.1 Å². The van der Waals surface area contributed by atoms with E-state index in [4.69, 9.17) is 0 Å². The minimum atomic E-state index is -1.12. The van der Waals surface area contributed by atoms with Gasteiger partial charge in [-0.3, -0.25) is 9.59 Å². The molecule has 0 saturated carbocycles. The monoisotopic (exact) mass is 205 g/mol. The number of fused-ring (bicyclic) bond motifs is 1. The Morgan fingerprint density at radius 2 is 2.13 bits per heavy atom. The van der Waals surface area contributed by atoms with Gasteiger partial charge in [0.25, 0.3) is 5.91 Å². The Labute approximate surface area is 87.1 Å². The van der Waals surface area contributed by atoms with Crippen LogP contribution in [0.4, 0.5) is 0 Å². The van der Waals surface area contributed by atoms with Crippen molar-refractivity contribution >= 4 is 11.8 Å². The van der Waals surface area contributed by atoms with Crippen LogP contribution < -0.4 is 0 Å². The van der Waals surface area contributed by atoms with Gasteiger partial charge in [0.15, 0.2) is 6.23 Å². The number of imide groups is 1. The molecule has 1 N–H and O–H groups in total. The molecular formula is C11H11NO3. The molecule has 0 radical (unpaired) electrons. The van der Waals surface area contributed by atoms with Crippen LogP contribution in [0.5, 0.6) is 0 Å². The highest BCUT2D eigenvalue weighted by molar-refractivity contribution is 6.08. The Balaban J connectivity index is 2.45. The molecule has 4 heteroatoms. The zero-order valence-electron chi connectivity index (χ0n) is 8.30. The lowest BCUT2D eigenvalue weighted by molar-refractivity contribution is -0.135. The Bertz CT molecular complexity index is 428. The molecule has 2 rings (SSSR count). The van der Waals surface area contributed by atoms with Gasteiger partial charge in [-0.05, 0) is 6.07 Å². The predicted octanol–water partition coefficient (Wildman–Crippen LogP) is 1.07. The average Bonchev–Trinajstić information content (AvgIpc) is 2.52. The van der Waals surface area contributed by atoms with Crippen LogP contribution in [0.15, 0.2) is 24.3 Å². The number of carbonyl (C=O) groups is 2. The molecule has 15 heavy (non-hydrogen) atoms. The van der Waals surface area contributed by atoms with Crippen molar-refractivity contribution in [1.29, 1.82) is 0 Å². The number of benzene rings is 1. The minimum absolute atomic E-state index is 0.205. The molecule has 1 heterocycles. The number of hydrogen-bond acceptors (Lipinski definition) is 3. The molecule has 1 aliphatic rings. The highest BCUT2D eigenvalue weighted by Crippen LogP contribution is 2.31. The van der Waals surface area contributed by atoms with Gasteiger partial charge in [0.05, 0.1) is 0 Å². The molecule has 2 amide bonds. The maximum atomic E-state index is 11.8. The van der Waals surface area contributed by atoms with Crippen LogP contribution in [0.1, 0.15) is 35.5 Å². The Morgan fingerprint density at radius 3 is 2.73 bits per heavy atom. The topological polar surface area (TPSA) is 57.6 Å². The average molecular weight is 205 g/mol. The molecule has 0 unspecified atom stereocenters. The van der Waals surface area contributed by atoms with Crippen molar-refractivity contribution in [2.75, 3.05) is 0 Å². The maximum absolute atomic E-state index is 11.8. The third-order valence-corrected chi connectivity index (χ3v) is 2.50. The van der Waals surface area contributed by atoms with Crippen LogP contribution in [0, 0.1) is 0 Å². The van der Waals surface area contributed by atoms with Crippen LogP contribution in [0.2, 0.25) is 0 Å². The van der Waals surface area contributed by atoms with Gasteiger partial charge in [0, 0.05) is 17.5 Å². The fourth-order valence-corrected chi connectivity index (χ4v) is 1.72. The maximum Gasteiger partial charge on any atom is 0.263 e. The van der Waals surface area contributed by atoms with E-state index in [0.717, 1.165) is 4.90 Å². The lowest BCUT2D eigenvalue weighted by Crippen LogP contribution is -2.33. The van der Waals surface area contributed by atoms with Crippen LogP contribution in [-0.2, 0) is 4.79 Å². The third kappa shape index (κ3) is 1.34. The first-order valence-electron chi connectivity index (χ1n) is 4.80. The van der Waals surface area contributed by atoms with E-state index in [2.05, 4.69) is 0 Å². The van der Waals surface area contributed by atoms with Crippen molar-refractivity contribution in [1.82, 2.24) is 4.90 Å². The zero-order valence-corrected chi connectivity index (χ0v) is 8.30. The normalized spacial score (nSPS) is 19.2. The minimum Gasteiger partial charge on any atom is -0.369 e. The van der Waals surface area contributed by atoms with Crippen LogP contribution in [0.3, 0.4) is 0 Å². The van der Waals surface area contributed by atoms with E-state index in [9.17, 15) is 14.7 Å². The number of amides is 2. The third-order valence-electron chi connectivity index (χ3n) is 2.50. The number of rotatable bonds is 1. The van der Waals surface area contributed by atoms with Gasteiger partial charge in [-0.15, -0.1) is 0 Å². The molecule has 1 aliphatic heterocycles. The number of hydrogen-bond donors (Lipinski definition) is 1. The molecule has 78 valence electrons. The van der Waals surface area contributed by atoms with Crippen molar-refractivity contribution in [2.45, 2.75) is 19.6 Å². The molecule has 0 spiro atoms. The van der Waals surface area contributed by atoms with E-state index in [-0.39, 0.29) is 12.3 Å². The Kier molecular flexibility index (Phi) is 2.28. The van der Waals surface area contributed by atoms with Crippen LogP contribution in [-0.4, -0.2) is 21.8 Å². The summed E-state index contributed by atoms with van der Waals surface area (Å²) in [6, 6.07) is 6.71. The Morgan fingerprint density at radius 1 is 1.47 bits per heavy atom. The summed E-state index contributed by atoms with van der Waals surface area (Å²) in [5.74, 6) is -0.770. The molecule has 0 bridgehead atoms. The van der Waals surface area contributed by atoms with Crippen molar-refractivity contribution in [2.24, 2.45) is 0 Å². The fraction of sp³-hybridized carbons (Fsp3) is 0.273. The van der Waals surface area contributed by atoms with Crippen molar-refractivity contribution in [3.05, 3.63) is 35.4 Å². The molecule has 0 aromatic heterocycles. The predicted molar refractivity (Wildman–Crippen MR) is 52.9 cm³/mol. The molecule has 1 aromatic carbocycles. The summed E-state index contributed by atoms with van der Waals surface area (Å²) in [5, 5.41) is 9.80. The number of carbonyl (C=O) groups excluding carboxylic acids is 2. The van der Waals surface area contributed by atoms with Crippen molar-refractivity contribution in [3.8, 4) is 0 Å². The summed E-state index contributed by atoms with van der Waals surface area (Å²) in [5.41, 5.74) is 0.913. The van der Waals surface area contributed by atoms with Crippen LogP contribution in [0.25, 0.3) is 0 Å². The van der Waals surface area contributed by atoms with E-state index >= 15 is 0 Å². The zero-order chi connectivity index (χ0) is 11.0. The number of aliphatic hydroxyl groups excluding tert-OH is 1. The molecule has 0 aliphatic carbocycles. The summed E-state index contributed by atoms with van der Waals surface area (Å²) in [6.45, 7) is 1.66. The molecular weight excluding hydrogens is 194 g/mol. The lowest BCUT2D eigenvalue weighted by Gasteiger charge is -2.17. The second kappa shape index (κ2) is 3.47. The standard InChI is InChI=1S/C11H11NO3/c1-2-9(13)12-10(14)7-5-3-4-6-8(7)11(12)15/h3-6,10,14H,2H2,1H3/t10-/m1/s1. The summed E-state index contributed by atoms with van der Waals surface area (Å²) >= 11 is 0. The van der Waals surface area contributed by atoms with E-state index in [1.54, 1.807) is 31.2 Å². The largest absolute Gasteiger partial charge is 0.369 e. The van der Waals surface area contributed by atoms with E-state index in [1.807, 2.05) is 0 Å². The molecule has 1 atom stereocenters. The van der Waals surface area contributed by atoms with Crippen molar-refractivity contribution in [3.63, 3.8) is 0 Å². The smallest absolute Gasteiger partial charge is 0.263 e. The molecule has 0 saturated heterocycles. The highest BCUT2D eigenvalue weighted by Gasteiger charge is 2.38. The lowest BCUT2D eigenvalue weighted by atomic mass is 10.1. The second-order valence-electron chi connectivity index (χ2n) is 3.38. The van der Waals surface area contributed by atoms with Gasteiger partial charge in [-0.1, -0.05) is 25.1 Å². The van der Waals surface area contributed by atoms with Gasteiger partial charge in [-0.2, -0.15) is 0 Å². The van der Waals surface area contributed by atoms with Gasteiger partial charge < -0.3 is 5.11 Å². The van der Waals surface area contributed by atoms with Gasteiger partial charge in [0.1, 0.15) is 0 Å². The van der Waals surface area contributed by atoms with Crippen molar-refractivity contribution < 1.29 is 14.7 Å². The molecule has 1 aromatic rings. The molecule has 4 nitrogen and oxygen atoms in total. The summed E-state index contributed by atoms with van der Waals surface area (Å²) < 4.78 is 0. The van der Waals surface area contributed by atoms with E-state index in [0.29, 0.717) is 11.1 Å². The number of aliphatic hydroxyl groups is 1. The van der Waals surface area contributed by atoms with Gasteiger partial charge in [-0.25, -0.2) is 4.90 Å². The quantitative estimate of drug-likeness (QED) is 0.746. The first kappa shape index (κ1) is 9.86. The summed E-state index contributed by atoms with van der Waals surface area (Å²) in [4.78, 5) is 24.1. The second-order valence-corrected chi connectivity index (χ2v) is 3.38. The summed E-state index contributed by atoms with van der Waals surface area (Å²) in [6.07, 6.45) is -0.919. The van der Waals surface area contributed by atoms with Gasteiger partial charge >= 0.3 is 0 Å². The van der Waals surface area contributed by atoms with E-state index in [1.165, 1.54) is 0 Å². The highest BCUT2D eigenvalue weighted by atomic mass is 16.3. The number of nitrogens with zero attached hydrogens (tertiary/aromatic N) is 1. The SMILES string of the molecule is CCC(=O)N1C(=O)c2ccccc2[C@H]1O. The first-order valence-corrected chi connectivity index (χ1v) is 4.80. The molecule has 0 fully saturated rings. The summed E-state index contributed by atoms with van der Waals surface area (Å²) in [7, 11) is 0. The van der Waals surface area contributed by atoms with Gasteiger partial charge in [0.2, 0.25) is 5.91 Å². The fourth-order valence-electron chi connectivity index (χ4n) is 1.72. The van der Waals surface area contributed by atoms with Crippen LogP contribution >= 0.6 is 0 Å². The first-order chi connectivity index (χ1) is 7.16.